The van der Waals surface area contributed by atoms with Crippen LogP contribution in [0.4, 0.5) is 8.78 Å². The van der Waals surface area contributed by atoms with E-state index in [4.69, 9.17) is 5.73 Å². The second-order valence-electron chi connectivity index (χ2n) is 5.20. The van der Waals surface area contributed by atoms with Gasteiger partial charge in [-0.05, 0) is 25.7 Å². The summed E-state index contributed by atoms with van der Waals surface area (Å²) in [7, 11) is 0. The monoisotopic (exact) mass is 201 g/mol. The third-order valence-electron chi connectivity index (χ3n) is 3.61. The molecule has 1 nitrogen and oxygen atoms in total. The largest absolute Gasteiger partial charge is 0.325 e. The standard InChI is InChI=1S/C11H17F2N/c1-9(8-11(9,12)13)7-10(14)5-3-2-4-6-10/h2-3H,4-8,14H2,1H3. The lowest BCUT2D eigenvalue weighted by Gasteiger charge is -2.33. The highest BCUT2D eigenvalue weighted by atomic mass is 19.3. The highest BCUT2D eigenvalue weighted by Crippen LogP contribution is 2.64. The summed E-state index contributed by atoms with van der Waals surface area (Å²) in [5, 5.41) is 0. The Balaban J connectivity index is 2.01. The van der Waals surface area contributed by atoms with Gasteiger partial charge in [-0.2, -0.15) is 0 Å². The summed E-state index contributed by atoms with van der Waals surface area (Å²) in [5.41, 5.74) is 4.91. The van der Waals surface area contributed by atoms with Gasteiger partial charge in [-0.25, -0.2) is 8.78 Å². The quantitative estimate of drug-likeness (QED) is 0.683. The Morgan fingerprint density at radius 1 is 1.36 bits per heavy atom. The van der Waals surface area contributed by atoms with Gasteiger partial charge in [0.15, 0.2) is 0 Å². The van der Waals surface area contributed by atoms with Gasteiger partial charge in [0.2, 0.25) is 0 Å². The van der Waals surface area contributed by atoms with Crippen molar-refractivity contribution in [2.45, 2.75) is 50.5 Å². The van der Waals surface area contributed by atoms with Crippen LogP contribution in [0, 0.1) is 5.41 Å². The average molecular weight is 201 g/mol. The minimum atomic E-state index is -2.47. The number of allylic oxidation sites excluding steroid dienone is 1. The summed E-state index contributed by atoms with van der Waals surface area (Å²) < 4.78 is 26.1. The molecule has 2 N–H and O–H groups in total. The van der Waals surface area contributed by atoms with Crippen molar-refractivity contribution in [3.63, 3.8) is 0 Å². The van der Waals surface area contributed by atoms with E-state index in [9.17, 15) is 8.78 Å². The molecule has 2 atom stereocenters. The van der Waals surface area contributed by atoms with Gasteiger partial charge in [-0.3, -0.25) is 0 Å². The molecule has 0 bridgehead atoms. The minimum Gasteiger partial charge on any atom is -0.325 e. The lowest BCUT2D eigenvalue weighted by molar-refractivity contribution is 0.0562. The smallest absolute Gasteiger partial charge is 0.254 e. The maximum absolute atomic E-state index is 13.0. The molecule has 2 aliphatic rings. The van der Waals surface area contributed by atoms with Crippen molar-refractivity contribution in [2.75, 3.05) is 0 Å². The van der Waals surface area contributed by atoms with Gasteiger partial charge in [0.1, 0.15) is 0 Å². The van der Waals surface area contributed by atoms with Crippen LogP contribution in [-0.4, -0.2) is 11.5 Å². The number of hydrogen-bond acceptors (Lipinski definition) is 1. The second kappa shape index (κ2) is 2.78. The van der Waals surface area contributed by atoms with Crippen molar-refractivity contribution >= 4 is 0 Å². The van der Waals surface area contributed by atoms with Gasteiger partial charge in [-0.1, -0.05) is 19.1 Å². The molecule has 14 heavy (non-hydrogen) atoms. The topological polar surface area (TPSA) is 26.0 Å². The summed E-state index contributed by atoms with van der Waals surface area (Å²) in [6, 6.07) is 0. The molecule has 80 valence electrons. The van der Waals surface area contributed by atoms with Crippen LogP contribution in [0.15, 0.2) is 12.2 Å². The number of alkyl halides is 2. The van der Waals surface area contributed by atoms with Gasteiger partial charge in [-0.15, -0.1) is 0 Å². The second-order valence-corrected chi connectivity index (χ2v) is 5.20. The molecular formula is C11H17F2N. The normalized spacial score (nSPS) is 45.1. The van der Waals surface area contributed by atoms with E-state index in [1.54, 1.807) is 6.92 Å². The highest BCUT2D eigenvalue weighted by molar-refractivity contribution is 5.13. The predicted octanol–water partition coefficient (Wildman–Crippen LogP) is 2.86. The van der Waals surface area contributed by atoms with Crippen LogP contribution in [0.1, 0.15) is 39.0 Å². The van der Waals surface area contributed by atoms with E-state index in [0.717, 1.165) is 19.3 Å². The molecule has 0 amide bonds. The Morgan fingerprint density at radius 2 is 2.00 bits per heavy atom. The van der Waals surface area contributed by atoms with Gasteiger partial charge < -0.3 is 5.73 Å². The third-order valence-corrected chi connectivity index (χ3v) is 3.61. The summed E-state index contributed by atoms with van der Waals surface area (Å²) in [4.78, 5) is 0. The Labute approximate surface area is 83.4 Å². The highest BCUT2D eigenvalue weighted by Gasteiger charge is 2.68. The molecule has 2 unspecified atom stereocenters. The van der Waals surface area contributed by atoms with Crippen LogP contribution in [0.25, 0.3) is 0 Å². The molecule has 0 spiro atoms. The van der Waals surface area contributed by atoms with Crippen LogP contribution in [-0.2, 0) is 0 Å². The Kier molecular flexibility index (Phi) is 2.01. The lowest BCUT2D eigenvalue weighted by Crippen LogP contribution is -2.43. The molecule has 1 saturated carbocycles. The molecule has 0 aromatic carbocycles. The number of nitrogens with two attached hydrogens (primary N) is 1. The fourth-order valence-corrected chi connectivity index (χ4v) is 2.48. The summed E-state index contributed by atoms with van der Waals surface area (Å²) >= 11 is 0. The number of rotatable bonds is 2. The zero-order chi connectivity index (χ0) is 10.4. The van der Waals surface area contributed by atoms with Crippen LogP contribution in [0.2, 0.25) is 0 Å². The first-order valence-corrected chi connectivity index (χ1v) is 5.19. The molecule has 0 saturated heterocycles. The Bertz CT molecular complexity index is 274. The van der Waals surface area contributed by atoms with E-state index in [2.05, 4.69) is 6.08 Å². The van der Waals surface area contributed by atoms with Crippen molar-refractivity contribution in [2.24, 2.45) is 11.1 Å². The number of hydrogen-bond donors (Lipinski definition) is 1. The maximum Gasteiger partial charge on any atom is 0.254 e. The first-order chi connectivity index (χ1) is 6.37. The minimum absolute atomic E-state index is 0.0165. The van der Waals surface area contributed by atoms with Crippen molar-refractivity contribution in [3.05, 3.63) is 12.2 Å². The van der Waals surface area contributed by atoms with E-state index in [1.807, 2.05) is 6.08 Å². The molecule has 2 aliphatic carbocycles. The van der Waals surface area contributed by atoms with Crippen molar-refractivity contribution in [1.82, 2.24) is 0 Å². The SMILES string of the molecule is CC1(CC2(N)CC=CCC2)CC1(F)F. The van der Waals surface area contributed by atoms with Crippen LogP contribution < -0.4 is 5.73 Å². The van der Waals surface area contributed by atoms with Gasteiger partial charge in [0, 0.05) is 17.4 Å². The van der Waals surface area contributed by atoms with Crippen molar-refractivity contribution in [3.8, 4) is 0 Å². The van der Waals surface area contributed by atoms with Gasteiger partial charge in [0.05, 0.1) is 0 Å². The molecule has 0 aromatic rings. The maximum atomic E-state index is 13.0. The first-order valence-electron chi connectivity index (χ1n) is 5.19. The van der Waals surface area contributed by atoms with E-state index in [1.165, 1.54) is 0 Å². The fourth-order valence-electron chi connectivity index (χ4n) is 2.48. The Morgan fingerprint density at radius 3 is 2.43 bits per heavy atom. The summed E-state index contributed by atoms with van der Waals surface area (Å²) in [5.74, 6) is -2.47. The third kappa shape index (κ3) is 1.58. The van der Waals surface area contributed by atoms with E-state index < -0.39 is 11.3 Å². The van der Waals surface area contributed by atoms with E-state index in [-0.39, 0.29) is 12.0 Å². The first kappa shape index (κ1) is 10.1. The zero-order valence-electron chi connectivity index (χ0n) is 8.52. The zero-order valence-corrected chi connectivity index (χ0v) is 8.52. The van der Waals surface area contributed by atoms with Gasteiger partial charge >= 0.3 is 0 Å². The van der Waals surface area contributed by atoms with Crippen LogP contribution >= 0.6 is 0 Å². The molecule has 0 aromatic heterocycles. The average Bonchev–Trinajstić information content (AvgIpc) is 2.49. The van der Waals surface area contributed by atoms with E-state index in [0.29, 0.717) is 6.42 Å². The van der Waals surface area contributed by atoms with Crippen molar-refractivity contribution in [1.29, 1.82) is 0 Å². The molecule has 0 radical (unpaired) electrons. The molecular weight excluding hydrogens is 184 g/mol. The molecule has 0 heterocycles. The molecule has 0 aliphatic heterocycles. The number of halogens is 2. The van der Waals surface area contributed by atoms with Crippen LogP contribution in [0.3, 0.4) is 0 Å². The lowest BCUT2D eigenvalue weighted by atomic mass is 9.78. The van der Waals surface area contributed by atoms with Crippen LogP contribution in [0.5, 0.6) is 0 Å². The van der Waals surface area contributed by atoms with Crippen molar-refractivity contribution < 1.29 is 8.78 Å². The Hall–Kier alpha value is -0.440. The summed E-state index contributed by atoms with van der Waals surface area (Å²) in [6.07, 6.45) is 7.10. The molecule has 2 rings (SSSR count). The van der Waals surface area contributed by atoms with E-state index >= 15 is 0 Å². The molecule has 3 heteroatoms. The van der Waals surface area contributed by atoms with Gasteiger partial charge in [0.25, 0.3) is 5.92 Å². The summed E-state index contributed by atoms with van der Waals surface area (Å²) in [6.45, 7) is 1.65. The molecule has 1 fully saturated rings. The predicted molar refractivity (Wildman–Crippen MR) is 52.2 cm³/mol. The fraction of sp³-hybridized carbons (Fsp3) is 0.818.